The zero-order valence-corrected chi connectivity index (χ0v) is 14.6. The van der Waals surface area contributed by atoms with Gasteiger partial charge < -0.3 is 24.7 Å². The summed E-state index contributed by atoms with van der Waals surface area (Å²) in [6, 6.07) is 7.93. The van der Waals surface area contributed by atoms with Gasteiger partial charge in [0, 0.05) is 42.3 Å². The molecule has 2 aliphatic rings. The third-order valence-corrected chi connectivity index (χ3v) is 4.96. The molecular formula is C19H23N3O3. The lowest BCUT2D eigenvalue weighted by atomic mass is 10.2. The molecule has 6 heteroatoms. The third kappa shape index (κ3) is 2.76. The summed E-state index contributed by atoms with van der Waals surface area (Å²) in [6.45, 7) is 6.48. The Kier molecular flexibility index (Phi) is 3.92. The minimum atomic E-state index is 0.0600. The fraction of sp³-hybridized carbons (Fsp3) is 0.421. The summed E-state index contributed by atoms with van der Waals surface area (Å²) in [4.78, 5) is 14.7. The second-order valence-electron chi connectivity index (χ2n) is 6.75. The number of nitrogens with two attached hydrogens (primary N) is 1. The van der Waals surface area contributed by atoms with Gasteiger partial charge in [0.25, 0.3) is 5.91 Å². The molecule has 0 bridgehead atoms. The van der Waals surface area contributed by atoms with Crippen molar-refractivity contribution >= 4 is 5.91 Å². The van der Waals surface area contributed by atoms with Crippen LogP contribution >= 0.6 is 0 Å². The van der Waals surface area contributed by atoms with Crippen molar-refractivity contribution in [2.75, 3.05) is 26.3 Å². The minimum Gasteiger partial charge on any atom is -0.486 e. The van der Waals surface area contributed by atoms with E-state index in [1.54, 1.807) is 0 Å². The van der Waals surface area contributed by atoms with Crippen LogP contribution in [0.3, 0.4) is 0 Å². The monoisotopic (exact) mass is 341 g/mol. The molecule has 1 unspecified atom stereocenters. The molecule has 2 N–H and O–H groups in total. The summed E-state index contributed by atoms with van der Waals surface area (Å²) in [5.74, 6) is 1.57. The van der Waals surface area contributed by atoms with Crippen molar-refractivity contribution in [3.63, 3.8) is 0 Å². The van der Waals surface area contributed by atoms with Crippen molar-refractivity contribution in [3.8, 4) is 17.2 Å². The van der Waals surface area contributed by atoms with Gasteiger partial charge >= 0.3 is 0 Å². The molecule has 1 atom stereocenters. The van der Waals surface area contributed by atoms with E-state index in [1.165, 1.54) is 0 Å². The zero-order valence-electron chi connectivity index (χ0n) is 14.6. The summed E-state index contributed by atoms with van der Waals surface area (Å²) in [7, 11) is 0. The molecule has 4 rings (SSSR count). The van der Waals surface area contributed by atoms with Crippen LogP contribution in [0.5, 0.6) is 11.5 Å². The molecule has 6 nitrogen and oxygen atoms in total. The molecule has 0 spiro atoms. The van der Waals surface area contributed by atoms with E-state index >= 15 is 0 Å². The van der Waals surface area contributed by atoms with Crippen LogP contribution in [0.15, 0.2) is 24.3 Å². The number of nitrogens with zero attached hydrogens (tertiary/aromatic N) is 2. The number of ether oxygens (including phenoxy) is 2. The Hall–Kier alpha value is -2.47. The number of carbonyl (C=O) groups excluding carboxylic acids is 1. The summed E-state index contributed by atoms with van der Waals surface area (Å²) < 4.78 is 13.4. The number of benzene rings is 1. The Morgan fingerprint density at radius 3 is 2.64 bits per heavy atom. The molecule has 3 heterocycles. The largest absolute Gasteiger partial charge is 0.486 e. The van der Waals surface area contributed by atoms with Gasteiger partial charge in [-0.15, -0.1) is 0 Å². The van der Waals surface area contributed by atoms with Crippen molar-refractivity contribution < 1.29 is 14.3 Å². The summed E-state index contributed by atoms with van der Waals surface area (Å²) in [5, 5.41) is 0. The second kappa shape index (κ2) is 6.11. The first kappa shape index (κ1) is 16.0. The standard InChI is InChI=1S/C19H23N3O3/c1-12-9-16(19(23)21-6-5-14(20)11-21)13(2)22(12)15-3-4-17-18(10-15)25-8-7-24-17/h3-4,9-10,14H,5-8,11,20H2,1-2H3. The van der Waals surface area contributed by atoms with Gasteiger partial charge in [0.15, 0.2) is 11.5 Å². The van der Waals surface area contributed by atoms with E-state index in [0.717, 1.165) is 47.1 Å². The first-order valence-corrected chi connectivity index (χ1v) is 8.68. The van der Waals surface area contributed by atoms with Gasteiger partial charge in [0.2, 0.25) is 0 Å². The molecule has 1 aromatic heterocycles. The number of hydrogen-bond donors (Lipinski definition) is 1. The fourth-order valence-corrected chi connectivity index (χ4v) is 3.69. The molecule has 1 fully saturated rings. The van der Waals surface area contributed by atoms with Crippen LogP contribution < -0.4 is 15.2 Å². The Labute approximate surface area is 147 Å². The molecule has 132 valence electrons. The predicted molar refractivity (Wildman–Crippen MR) is 94.7 cm³/mol. The van der Waals surface area contributed by atoms with E-state index in [1.807, 2.05) is 43.0 Å². The van der Waals surface area contributed by atoms with E-state index in [9.17, 15) is 4.79 Å². The zero-order chi connectivity index (χ0) is 17.6. The minimum absolute atomic E-state index is 0.0600. The van der Waals surface area contributed by atoms with Gasteiger partial charge in [-0.2, -0.15) is 0 Å². The molecule has 2 aromatic rings. The summed E-state index contributed by atoms with van der Waals surface area (Å²) >= 11 is 0. The van der Waals surface area contributed by atoms with Gasteiger partial charge in [0.05, 0.1) is 5.56 Å². The van der Waals surface area contributed by atoms with Gasteiger partial charge in [0.1, 0.15) is 13.2 Å². The highest BCUT2D eigenvalue weighted by Crippen LogP contribution is 2.33. The number of hydrogen-bond acceptors (Lipinski definition) is 4. The maximum absolute atomic E-state index is 12.9. The number of fused-ring (bicyclic) bond motifs is 1. The molecular weight excluding hydrogens is 318 g/mol. The molecule has 1 amide bonds. The highest BCUT2D eigenvalue weighted by atomic mass is 16.6. The number of likely N-dealkylation sites (tertiary alicyclic amines) is 1. The first-order chi connectivity index (χ1) is 12.0. The molecule has 1 aromatic carbocycles. The van der Waals surface area contributed by atoms with Crippen molar-refractivity contribution in [3.05, 3.63) is 41.2 Å². The van der Waals surface area contributed by atoms with E-state index in [-0.39, 0.29) is 11.9 Å². The Morgan fingerprint density at radius 2 is 1.92 bits per heavy atom. The van der Waals surface area contributed by atoms with E-state index in [2.05, 4.69) is 4.57 Å². The van der Waals surface area contributed by atoms with Gasteiger partial charge in [-0.3, -0.25) is 4.79 Å². The van der Waals surface area contributed by atoms with Crippen LogP contribution in [-0.4, -0.2) is 47.7 Å². The first-order valence-electron chi connectivity index (χ1n) is 8.68. The normalized spacial score (nSPS) is 19.3. The lowest BCUT2D eigenvalue weighted by Crippen LogP contribution is -2.32. The number of rotatable bonds is 2. The number of aryl methyl sites for hydroxylation is 1. The Bertz CT molecular complexity index is 828. The quantitative estimate of drug-likeness (QED) is 0.907. The number of amides is 1. The molecule has 0 aliphatic carbocycles. The van der Waals surface area contributed by atoms with E-state index in [4.69, 9.17) is 15.2 Å². The average Bonchev–Trinajstić information content (AvgIpc) is 3.17. The van der Waals surface area contributed by atoms with Crippen LogP contribution in [0.1, 0.15) is 28.2 Å². The van der Waals surface area contributed by atoms with Crippen LogP contribution in [0, 0.1) is 13.8 Å². The van der Waals surface area contributed by atoms with Crippen molar-refractivity contribution in [1.29, 1.82) is 0 Å². The maximum atomic E-state index is 12.9. The van der Waals surface area contributed by atoms with Gasteiger partial charge in [-0.1, -0.05) is 0 Å². The second-order valence-corrected chi connectivity index (χ2v) is 6.75. The van der Waals surface area contributed by atoms with Crippen molar-refractivity contribution in [2.24, 2.45) is 5.73 Å². The van der Waals surface area contributed by atoms with E-state index < -0.39 is 0 Å². The molecule has 0 radical (unpaired) electrons. The Morgan fingerprint density at radius 1 is 1.16 bits per heavy atom. The van der Waals surface area contributed by atoms with Gasteiger partial charge in [-0.05, 0) is 38.5 Å². The number of aromatic nitrogens is 1. The Balaban J connectivity index is 1.69. The van der Waals surface area contributed by atoms with Gasteiger partial charge in [-0.25, -0.2) is 0 Å². The van der Waals surface area contributed by atoms with Crippen LogP contribution in [0.4, 0.5) is 0 Å². The van der Waals surface area contributed by atoms with Crippen LogP contribution in [0.25, 0.3) is 5.69 Å². The smallest absolute Gasteiger partial charge is 0.255 e. The van der Waals surface area contributed by atoms with Crippen molar-refractivity contribution in [2.45, 2.75) is 26.3 Å². The highest BCUT2D eigenvalue weighted by Gasteiger charge is 2.27. The van der Waals surface area contributed by atoms with Crippen LogP contribution in [-0.2, 0) is 0 Å². The SMILES string of the molecule is Cc1cc(C(=O)N2CCC(N)C2)c(C)n1-c1ccc2c(c1)OCCO2. The lowest BCUT2D eigenvalue weighted by molar-refractivity contribution is 0.0790. The average molecular weight is 341 g/mol. The summed E-state index contributed by atoms with van der Waals surface area (Å²) in [6.07, 6.45) is 0.868. The summed E-state index contributed by atoms with van der Waals surface area (Å²) in [5.41, 5.74) is 9.60. The highest BCUT2D eigenvalue weighted by molar-refractivity contribution is 5.96. The number of carbonyl (C=O) groups is 1. The lowest BCUT2D eigenvalue weighted by Gasteiger charge is -2.20. The predicted octanol–water partition coefficient (Wildman–Crippen LogP) is 2.04. The molecule has 1 saturated heterocycles. The van der Waals surface area contributed by atoms with Crippen LogP contribution in [0.2, 0.25) is 0 Å². The molecule has 25 heavy (non-hydrogen) atoms. The fourth-order valence-electron chi connectivity index (χ4n) is 3.69. The maximum Gasteiger partial charge on any atom is 0.255 e. The van der Waals surface area contributed by atoms with E-state index in [0.29, 0.717) is 19.8 Å². The molecule has 2 aliphatic heterocycles. The van der Waals surface area contributed by atoms with Crippen molar-refractivity contribution in [1.82, 2.24) is 9.47 Å². The molecule has 0 saturated carbocycles. The topological polar surface area (TPSA) is 69.7 Å². The third-order valence-electron chi connectivity index (χ3n) is 4.96.